The van der Waals surface area contributed by atoms with Crippen LogP contribution in [0.15, 0.2) is 72.8 Å². The van der Waals surface area contributed by atoms with Gasteiger partial charge in [-0.3, -0.25) is 0 Å². The Morgan fingerprint density at radius 2 is 1.43 bits per heavy atom. The first-order valence-electron chi connectivity index (χ1n) is 8.09. The van der Waals surface area contributed by atoms with E-state index in [9.17, 15) is 0 Å². The standard InChI is InChI=1S/C21H24N2/c1-23(2)15-20(21(22)17-9-4-3-5-10-17)19-13-12-16-8-6-7-11-18(16)14-19/h3-14,20-21H,15,22H2,1-2H3/t20-,21-/m1/s1. The zero-order valence-electron chi connectivity index (χ0n) is 13.8. The summed E-state index contributed by atoms with van der Waals surface area (Å²) in [4.78, 5) is 2.21. The number of nitrogens with zero attached hydrogens (tertiary/aromatic N) is 1. The SMILES string of the molecule is CN(C)C[C@H](c1ccc2ccccc2c1)[C@H](N)c1ccccc1. The van der Waals surface area contributed by atoms with Crippen molar-refractivity contribution < 1.29 is 0 Å². The first-order chi connectivity index (χ1) is 11.1. The van der Waals surface area contributed by atoms with Crippen LogP contribution >= 0.6 is 0 Å². The van der Waals surface area contributed by atoms with Crippen molar-refractivity contribution >= 4 is 10.8 Å². The van der Waals surface area contributed by atoms with Crippen molar-refractivity contribution in [3.63, 3.8) is 0 Å². The molecule has 0 aliphatic heterocycles. The molecule has 2 heteroatoms. The van der Waals surface area contributed by atoms with Gasteiger partial charge in [0.2, 0.25) is 0 Å². The van der Waals surface area contributed by atoms with E-state index in [1.807, 2.05) is 6.07 Å². The minimum atomic E-state index is -0.0141. The summed E-state index contributed by atoms with van der Waals surface area (Å²) in [6, 6.07) is 25.6. The van der Waals surface area contributed by atoms with Crippen molar-refractivity contribution in [2.75, 3.05) is 20.6 Å². The number of benzene rings is 3. The van der Waals surface area contributed by atoms with Crippen molar-refractivity contribution in [1.82, 2.24) is 4.90 Å². The van der Waals surface area contributed by atoms with E-state index in [2.05, 4.69) is 85.7 Å². The van der Waals surface area contributed by atoms with Crippen molar-refractivity contribution in [2.24, 2.45) is 5.73 Å². The Kier molecular flexibility index (Phi) is 4.75. The molecule has 2 atom stereocenters. The summed E-state index contributed by atoms with van der Waals surface area (Å²) in [5.41, 5.74) is 9.12. The summed E-state index contributed by atoms with van der Waals surface area (Å²) in [6.45, 7) is 0.925. The van der Waals surface area contributed by atoms with Gasteiger partial charge in [0, 0.05) is 18.5 Å². The van der Waals surface area contributed by atoms with E-state index in [1.54, 1.807) is 0 Å². The van der Waals surface area contributed by atoms with Crippen LogP contribution in [-0.2, 0) is 0 Å². The molecule has 3 rings (SSSR count). The van der Waals surface area contributed by atoms with E-state index in [0.717, 1.165) is 6.54 Å². The third kappa shape index (κ3) is 3.61. The quantitative estimate of drug-likeness (QED) is 0.766. The number of likely N-dealkylation sites (N-methyl/N-ethyl adjacent to an activating group) is 1. The fourth-order valence-corrected chi connectivity index (χ4v) is 3.17. The van der Waals surface area contributed by atoms with Gasteiger partial charge in [0.15, 0.2) is 0 Å². The normalized spacial score (nSPS) is 14.1. The second-order valence-electron chi connectivity index (χ2n) is 6.41. The molecule has 0 aliphatic rings. The van der Waals surface area contributed by atoms with E-state index >= 15 is 0 Å². The zero-order chi connectivity index (χ0) is 16.2. The molecule has 0 heterocycles. The van der Waals surface area contributed by atoms with E-state index in [0.29, 0.717) is 0 Å². The van der Waals surface area contributed by atoms with Gasteiger partial charge in [-0.2, -0.15) is 0 Å². The van der Waals surface area contributed by atoms with E-state index < -0.39 is 0 Å². The minimum Gasteiger partial charge on any atom is -0.323 e. The van der Waals surface area contributed by atoms with Crippen LogP contribution in [0.2, 0.25) is 0 Å². The number of nitrogens with two attached hydrogens (primary N) is 1. The van der Waals surface area contributed by atoms with Gasteiger partial charge in [-0.25, -0.2) is 0 Å². The summed E-state index contributed by atoms with van der Waals surface area (Å²) in [7, 11) is 4.21. The summed E-state index contributed by atoms with van der Waals surface area (Å²) in [6.07, 6.45) is 0. The van der Waals surface area contributed by atoms with Gasteiger partial charge < -0.3 is 10.6 Å². The largest absolute Gasteiger partial charge is 0.323 e. The van der Waals surface area contributed by atoms with Crippen molar-refractivity contribution in [3.05, 3.63) is 83.9 Å². The monoisotopic (exact) mass is 304 g/mol. The Bertz CT molecular complexity index is 765. The molecule has 0 bridgehead atoms. The van der Waals surface area contributed by atoms with Crippen LogP contribution in [0.1, 0.15) is 23.1 Å². The van der Waals surface area contributed by atoms with Gasteiger partial charge in [-0.15, -0.1) is 0 Å². The highest BCUT2D eigenvalue weighted by molar-refractivity contribution is 5.83. The van der Waals surface area contributed by atoms with E-state index in [-0.39, 0.29) is 12.0 Å². The van der Waals surface area contributed by atoms with Crippen LogP contribution in [0, 0.1) is 0 Å². The van der Waals surface area contributed by atoms with Crippen LogP contribution in [0.4, 0.5) is 0 Å². The average Bonchev–Trinajstić information content (AvgIpc) is 2.59. The molecule has 3 aromatic rings. The third-order valence-corrected chi connectivity index (χ3v) is 4.38. The van der Waals surface area contributed by atoms with Gasteiger partial charge >= 0.3 is 0 Å². The third-order valence-electron chi connectivity index (χ3n) is 4.38. The molecule has 0 saturated heterocycles. The molecule has 2 nitrogen and oxygen atoms in total. The van der Waals surface area contributed by atoms with Crippen LogP contribution in [-0.4, -0.2) is 25.5 Å². The molecule has 2 N–H and O–H groups in total. The number of fused-ring (bicyclic) bond motifs is 1. The zero-order valence-corrected chi connectivity index (χ0v) is 13.8. The van der Waals surface area contributed by atoms with Gasteiger partial charge in [0.05, 0.1) is 0 Å². The number of hydrogen-bond donors (Lipinski definition) is 1. The fourth-order valence-electron chi connectivity index (χ4n) is 3.17. The molecule has 0 fully saturated rings. The Hall–Kier alpha value is -2.16. The van der Waals surface area contributed by atoms with Crippen molar-refractivity contribution in [2.45, 2.75) is 12.0 Å². The van der Waals surface area contributed by atoms with Gasteiger partial charge in [0.25, 0.3) is 0 Å². The first-order valence-corrected chi connectivity index (χ1v) is 8.09. The predicted molar refractivity (Wildman–Crippen MR) is 98.6 cm³/mol. The Morgan fingerprint density at radius 1 is 0.783 bits per heavy atom. The topological polar surface area (TPSA) is 29.3 Å². The molecule has 0 saturated carbocycles. The second-order valence-corrected chi connectivity index (χ2v) is 6.41. The smallest absolute Gasteiger partial charge is 0.0376 e. The molecule has 0 unspecified atom stereocenters. The van der Waals surface area contributed by atoms with E-state index in [1.165, 1.54) is 21.9 Å². The number of rotatable bonds is 5. The molecule has 0 amide bonds. The Labute approximate surface area is 138 Å². The second kappa shape index (κ2) is 6.95. The molecule has 118 valence electrons. The minimum absolute atomic E-state index is 0.0141. The summed E-state index contributed by atoms with van der Waals surface area (Å²) >= 11 is 0. The molecule has 0 radical (unpaired) electrons. The highest BCUT2D eigenvalue weighted by atomic mass is 15.1. The summed E-state index contributed by atoms with van der Waals surface area (Å²) < 4.78 is 0. The van der Waals surface area contributed by atoms with Crippen LogP contribution in [0.25, 0.3) is 10.8 Å². The van der Waals surface area contributed by atoms with E-state index in [4.69, 9.17) is 5.73 Å². The maximum atomic E-state index is 6.64. The molecule has 23 heavy (non-hydrogen) atoms. The van der Waals surface area contributed by atoms with Crippen molar-refractivity contribution in [1.29, 1.82) is 0 Å². The average molecular weight is 304 g/mol. The fraction of sp³-hybridized carbons (Fsp3) is 0.238. The first kappa shape index (κ1) is 15.7. The van der Waals surface area contributed by atoms with Crippen molar-refractivity contribution in [3.8, 4) is 0 Å². The molecule has 3 aromatic carbocycles. The Balaban J connectivity index is 2.00. The summed E-state index contributed by atoms with van der Waals surface area (Å²) in [5, 5.41) is 2.54. The highest BCUT2D eigenvalue weighted by Crippen LogP contribution is 2.31. The van der Waals surface area contributed by atoms with Gasteiger partial charge in [0.1, 0.15) is 0 Å². The molecule has 0 aromatic heterocycles. The lowest BCUT2D eigenvalue weighted by Crippen LogP contribution is -2.29. The van der Waals surface area contributed by atoms with Crippen LogP contribution in [0.5, 0.6) is 0 Å². The highest BCUT2D eigenvalue weighted by Gasteiger charge is 2.22. The van der Waals surface area contributed by atoms with Crippen LogP contribution < -0.4 is 5.73 Å². The lowest BCUT2D eigenvalue weighted by molar-refractivity contribution is 0.347. The number of hydrogen-bond acceptors (Lipinski definition) is 2. The lowest BCUT2D eigenvalue weighted by Gasteiger charge is -2.28. The summed E-state index contributed by atoms with van der Waals surface area (Å²) in [5.74, 6) is 0.261. The molecular weight excluding hydrogens is 280 g/mol. The predicted octanol–water partition coefficient (Wildman–Crippen LogP) is 4.19. The van der Waals surface area contributed by atoms with Gasteiger partial charge in [-0.05, 0) is 36.0 Å². The maximum Gasteiger partial charge on any atom is 0.0376 e. The Morgan fingerprint density at radius 3 is 2.13 bits per heavy atom. The van der Waals surface area contributed by atoms with Gasteiger partial charge in [-0.1, -0.05) is 72.8 Å². The lowest BCUT2D eigenvalue weighted by atomic mass is 9.86. The van der Waals surface area contributed by atoms with Crippen LogP contribution in [0.3, 0.4) is 0 Å². The molecular formula is C21H24N2. The molecule has 0 aliphatic carbocycles. The maximum absolute atomic E-state index is 6.64. The molecule has 0 spiro atoms.